The molecule has 0 amide bonds. The first kappa shape index (κ1) is 63.6. The average molecular weight is 924 g/mol. The van der Waals surface area contributed by atoms with E-state index in [0.717, 1.165) is 70.6 Å². The Bertz CT molecular complexity index is 1130. The van der Waals surface area contributed by atoms with Crippen molar-refractivity contribution >= 4 is 11.9 Å². The number of hydrogen-bond donors (Lipinski definition) is 0. The Labute approximate surface area is 411 Å². The predicted molar refractivity (Wildman–Crippen MR) is 288 cm³/mol. The second-order valence-electron chi connectivity index (χ2n) is 19.2. The summed E-state index contributed by atoms with van der Waals surface area (Å²) in [7, 11) is 0. The van der Waals surface area contributed by atoms with Gasteiger partial charge in [0.1, 0.15) is 6.61 Å². The average Bonchev–Trinajstić information content (AvgIpc) is 3.32. The summed E-state index contributed by atoms with van der Waals surface area (Å²) < 4.78 is 17.5. The zero-order chi connectivity index (χ0) is 47.7. The highest BCUT2D eigenvalue weighted by molar-refractivity contribution is 5.70. The lowest BCUT2D eigenvalue weighted by atomic mass is 10.0. The summed E-state index contributed by atoms with van der Waals surface area (Å²) in [5, 5.41) is 0. The molecule has 1 atom stereocenters. The summed E-state index contributed by atoms with van der Waals surface area (Å²) in [5.41, 5.74) is 0. The van der Waals surface area contributed by atoms with Crippen molar-refractivity contribution in [3.8, 4) is 0 Å². The maximum absolute atomic E-state index is 12.9. The minimum atomic E-state index is -0.549. The first-order chi connectivity index (χ1) is 32.6. The van der Waals surface area contributed by atoms with Crippen LogP contribution in [-0.2, 0) is 23.8 Å². The van der Waals surface area contributed by atoms with E-state index in [1.165, 1.54) is 186 Å². The van der Waals surface area contributed by atoms with E-state index in [0.29, 0.717) is 19.4 Å². The van der Waals surface area contributed by atoms with Crippen molar-refractivity contribution in [3.63, 3.8) is 0 Å². The van der Waals surface area contributed by atoms with Crippen molar-refractivity contribution in [2.24, 2.45) is 0 Å². The third-order valence-electron chi connectivity index (χ3n) is 12.5. The molecule has 0 N–H and O–H groups in total. The van der Waals surface area contributed by atoms with Gasteiger partial charge in [-0.05, 0) is 83.5 Å². The number of ether oxygens (including phenoxy) is 3. The smallest absolute Gasteiger partial charge is 0.306 e. The summed E-state index contributed by atoms with van der Waals surface area (Å²) in [4.78, 5) is 25.5. The number of carbonyl (C=O) groups is 2. The van der Waals surface area contributed by atoms with Gasteiger partial charge in [0.2, 0.25) is 0 Å². The molecule has 5 nitrogen and oxygen atoms in total. The van der Waals surface area contributed by atoms with Crippen LogP contribution in [0.15, 0.2) is 60.8 Å². The van der Waals surface area contributed by atoms with Crippen LogP contribution < -0.4 is 0 Å². The fourth-order valence-electron chi connectivity index (χ4n) is 8.26. The molecule has 384 valence electrons. The fraction of sp³-hybridized carbons (Fsp3) is 0.803. The summed E-state index contributed by atoms with van der Waals surface area (Å²) >= 11 is 0. The van der Waals surface area contributed by atoms with Gasteiger partial charge >= 0.3 is 11.9 Å². The van der Waals surface area contributed by atoms with E-state index in [9.17, 15) is 9.59 Å². The van der Waals surface area contributed by atoms with E-state index in [4.69, 9.17) is 14.2 Å². The number of allylic oxidation sites excluding steroid dienone is 10. The number of hydrogen-bond acceptors (Lipinski definition) is 5. The van der Waals surface area contributed by atoms with Gasteiger partial charge in [0, 0.05) is 19.4 Å². The molecular formula is C61H110O5. The van der Waals surface area contributed by atoms with Crippen molar-refractivity contribution in [1.29, 1.82) is 0 Å². The van der Waals surface area contributed by atoms with Crippen LogP contribution in [0, 0.1) is 0 Å². The lowest BCUT2D eigenvalue weighted by molar-refractivity contribution is -0.163. The van der Waals surface area contributed by atoms with E-state index in [-0.39, 0.29) is 25.2 Å². The number of rotatable bonds is 53. The molecule has 0 aliphatic heterocycles. The molecule has 0 fully saturated rings. The van der Waals surface area contributed by atoms with E-state index in [1.807, 2.05) is 0 Å². The van der Waals surface area contributed by atoms with Crippen LogP contribution in [0.2, 0.25) is 0 Å². The van der Waals surface area contributed by atoms with Crippen LogP contribution in [0.4, 0.5) is 0 Å². The van der Waals surface area contributed by atoms with Gasteiger partial charge in [-0.15, -0.1) is 0 Å². The van der Waals surface area contributed by atoms with Gasteiger partial charge in [-0.2, -0.15) is 0 Å². The Morgan fingerprint density at radius 3 is 1.12 bits per heavy atom. The van der Waals surface area contributed by atoms with E-state index in [1.54, 1.807) is 0 Å². The fourth-order valence-corrected chi connectivity index (χ4v) is 8.26. The monoisotopic (exact) mass is 923 g/mol. The van der Waals surface area contributed by atoms with Crippen molar-refractivity contribution in [3.05, 3.63) is 60.8 Å². The van der Waals surface area contributed by atoms with Crippen molar-refractivity contribution < 1.29 is 23.8 Å². The Balaban J connectivity index is 4.26. The molecule has 0 saturated heterocycles. The Morgan fingerprint density at radius 2 is 0.682 bits per heavy atom. The first-order valence-corrected chi connectivity index (χ1v) is 28.8. The molecule has 0 heterocycles. The highest BCUT2D eigenvalue weighted by atomic mass is 16.6. The van der Waals surface area contributed by atoms with Crippen LogP contribution in [0.1, 0.15) is 290 Å². The minimum Gasteiger partial charge on any atom is -0.462 e. The lowest BCUT2D eigenvalue weighted by Crippen LogP contribution is -2.30. The van der Waals surface area contributed by atoms with E-state index < -0.39 is 6.10 Å². The molecule has 0 aromatic heterocycles. The third-order valence-corrected chi connectivity index (χ3v) is 12.5. The molecule has 0 bridgehead atoms. The molecule has 1 unspecified atom stereocenters. The quantitative estimate of drug-likeness (QED) is 0.0346. The minimum absolute atomic E-state index is 0.0759. The molecule has 0 aromatic rings. The van der Waals surface area contributed by atoms with Gasteiger partial charge in [-0.1, -0.05) is 255 Å². The Morgan fingerprint density at radius 1 is 0.348 bits per heavy atom. The summed E-state index contributed by atoms with van der Waals surface area (Å²) in [6.45, 7) is 7.68. The maximum Gasteiger partial charge on any atom is 0.306 e. The van der Waals surface area contributed by atoms with Crippen molar-refractivity contribution in [2.45, 2.75) is 297 Å². The molecular weight excluding hydrogens is 813 g/mol. The maximum atomic E-state index is 12.9. The standard InChI is InChI=1S/C61H110O5/c1-4-7-10-13-16-19-22-25-28-30-31-33-34-36-39-42-45-48-51-54-60(62)65-58-59(57-64-56-53-50-47-44-41-38-27-24-21-18-15-12-9-6-3)66-61(63)55-52-49-46-43-40-37-35-32-29-26-23-20-17-14-11-8-5-2/h9,12,16,18-19,21,25,27-28,38,59H,4-8,10-11,13-15,17,20,22-24,26,29-37,39-58H2,1-3H3/b12-9-,19-16-,21-18-,28-25-,38-27-. The largest absolute Gasteiger partial charge is 0.462 e. The van der Waals surface area contributed by atoms with Crippen molar-refractivity contribution in [2.75, 3.05) is 19.8 Å². The molecule has 0 aliphatic rings. The molecule has 5 heteroatoms. The number of unbranched alkanes of at least 4 members (excludes halogenated alkanes) is 32. The topological polar surface area (TPSA) is 61.8 Å². The van der Waals surface area contributed by atoms with Gasteiger partial charge in [-0.25, -0.2) is 0 Å². The van der Waals surface area contributed by atoms with Crippen molar-refractivity contribution in [1.82, 2.24) is 0 Å². The highest BCUT2D eigenvalue weighted by Crippen LogP contribution is 2.16. The number of esters is 2. The van der Waals surface area contributed by atoms with Gasteiger partial charge in [0.25, 0.3) is 0 Å². The van der Waals surface area contributed by atoms with Gasteiger partial charge < -0.3 is 14.2 Å². The molecule has 0 radical (unpaired) electrons. The van der Waals surface area contributed by atoms with Crippen LogP contribution in [0.3, 0.4) is 0 Å². The SMILES string of the molecule is CC/C=C\C/C=C\C/C=C\CCCCCCOCC(COC(=O)CCCCCCCCCCC/C=C\C/C=C\CCCCC)OC(=O)CCCCCCCCCCCCCCCCCCC. The number of carbonyl (C=O) groups excluding carboxylic acids is 2. The molecule has 0 spiro atoms. The van der Waals surface area contributed by atoms with Crippen LogP contribution in [0.25, 0.3) is 0 Å². The lowest BCUT2D eigenvalue weighted by Gasteiger charge is -2.18. The van der Waals surface area contributed by atoms with Gasteiger partial charge in [0.15, 0.2) is 6.10 Å². The van der Waals surface area contributed by atoms with E-state index in [2.05, 4.69) is 81.5 Å². The van der Waals surface area contributed by atoms with Crippen LogP contribution >= 0.6 is 0 Å². The second kappa shape index (κ2) is 56.9. The van der Waals surface area contributed by atoms with Gasteiger partial charge in [-0.3, -0.25) is 9.59 Å². The van der Waals surface area contributed by atoms with Gasteiger partial charge in [0.05, 0.1) is 6.61 Å². The molecule has 0 aliphatic carbocycles. The normalized spacial score (nSPS) is 12.6. The zero-order valence-corrected chi connectivity index (χ0v) is 44.2. The zero-order valence-electron chi connectivity index (χ0n) is 44.2. The molecule has 0 saturated carbocycles. The summed E-state index contributed by atoms with van der Waals surface area (Å²) in [6, 6.07) is 0. The summed E-state index contributed by atoms with van der Waals surface area (Å²) in [6.07, 6.45) is 72.4. The third kappa shape index (κ3) is 54.2. The predicted octanol–water partition coefficient (Wildman–Crippen LogP) is 19.7. The molecule has 0 aromatic carbocycles. The Kier molecular flexibility index (Phi) is 54.9. The second-order valence-corrected chi connectivity index (χ2v) is 19.2. The Hall–Kier alpha value is -2.40. The van der Waals surface area contributed by atoms with Crippen LogP contribution in [-0.4, -0.2) is 37.9 Å². The first-order valence-electron chi connectivity index (χ1n) is 28.8. The summed E-state index contributed by atoms with van der Waals surface area (Å²) in [5.74, 6) is -0.402. The van der Waals surface area contributed by atoms with E-state index >= 15 is 0 Å². The molecule has 0 rings (SSSR count). The molecule has 66 heavy (non-hydrogen) atoms. The van der Waals surface area contributed by atoms with Crippen LogP contribution in [0.5, 0.6) is 0 Å². The highest BCUT2D eigenvalue weighted by Gasteiger charge is 2.17.